The van der Waals surface area contributed by atoms with Crippen molar-refractivity contribution in [3.05, 3.63) is 35.7 Å². The number of aromatic nitrogens is 4. The number of pyridine rings is 1. The van der Waals surface area contributed by atoms with Gasteiger partial charge in [0.2, 0.25) is 0 Å². The number of nitrogens with zero attached hydrogens (tertiary/aromatic N) is 3. The third-order valence-electron chi connectivity index (χ3n) is 2.21. The van der Waals surface area contributed by atoms with Gasteiger partial charge in [0.15, 0.2) is 17.3 Å². The topological polar surface area (TPSA) is 92.8 Å². The monoisotopic (exact) mass is 251 g/mol. The van der Waals surface area contributed by atoms with Gasteiger partial charge in [-0.25, -0.2) is 4.39 Å². The zero-order chi connectivity index (χ0) is 13.0. The molecule has 0 aliphatic heterocycles. The molecule has 0 atom stereocenters. The van der Waals surface area contributed by atoms with Crippen molar-refractivity contribution in [3.63, 3.8) is 0 Å². The summed E-state index contributed by atoms with van der Waals surface area (Å²) in [6.45, 7) is -0.0608. The zero-order valence-corrected chi connectivity index (χ0v) is 9.48. The Kier molecular flexibility index (Phi) is 3.46. The normalized spacial score (nSPS) is 10.1. The minimum atomic E-state index is -0.597. The summed E-state index contributed by atoms with van der Waals surface area (Å²) >= 11 is 0. The average Bonchev–Trinajstić information content (AvgIpc) is 2.91. The van der Waals surface area contributed by atoms with Crippen molar-refractivity contribution in [3.8, 4) is 5.75 Å². The minimum absolute atomic E-state index is 0.0608. The van der Waals surface area contributed by atoms with Gasteiger partial charge in [0.1, 0.15) is 0 Å². The lowest BCUT2D eigenvalue weighted by molar-refractivity contribution is 0.0945. The van der Waals surface area contributed by atoms with Crippen molar-refractivity contribution in [1.29, 1.82) is 0 Å². The molecule has 1 amide bonds. The van der Waals surface area contributed by atoms with Crippen molar-refractivity contribution in [2.24, 2.45) is 0 Å². The van der Waals surface area contributed by atoms with Gasteiger partial charge in [-0.15, -0.1) is 0 Å². The second-order valence-electron chi connectivity index (χ2n) is 3.31. The number of hydrogen-bond donors (Lipinski definition) is 2. The molecule has 2 heterocycles. The van der Waals surface area contributed by atoms with E-state index in [1.165, 1.54) is 25.6 Å². The fraction of sp³-hybridized carbons (Fsp3) is 0.200. The molecular weight excluding hydrogens is 241 g/mol. The van der Waals surface area contributed by atoms with E-state index in [2.05, 4.69) is 25.7 Å². The van der Waals surface area contributed by atoms with Crippen LogP contribution >= 0.6 is 0 Å². The Hall–Kier alpha value is -2.51. The lowest BCUT2D eigenvalue weighted by atomic mass is 10.3. The first-order valence-electron chi connectivity index (χ1n) is 5.03. The Labute approximate surface area is 101 Å². The molecule has 0 saturated carbocycles. The van der Waals surface area contributed by atoms with Crippen molar-refractivity contribution in [2.45, 2.75) is 6.54 Å². The van der Waals surface area contributed by atoms with Gasteiger partial charge in [-0.05, 0) is 0 Å². The van der Waals surface area contributed by atoms with E-state index < -0.39 is 11.7 Å². The second-order valence-corrected chi connectivity index (χ2v) is 3.31. The maximum atomic E-state index is 13.7. The number of nitrogens with one attached hydrogen (secondary N) is 2. The van der Waals surface area contributed by atoms with Crippen LogP contribution in [0.15, 0.2) is 18.5 Å². The molecule has 94 valence electrons. The van der Waals surface area contributed by atoms with Gasteiger partial charge >= 0.3 is 0 Å². The van der Waals surface area contributed by atoms with E-state index in [4.69, 9.17) is 4.74 Å². The van der Waals surface area contributed by atoms with Gasteiger partial charge in [-0.2, -0.15) is 15.4 Å². The van der Waals surface area contributed by atoms with Crippen LogP contribution in [0.3, 0.4) is 0 Å². The molecule has 8 heteroatoms. The zero-order valence-electron chi connectivity index (χ0n) is 9.48. The van der Waals surface area contributed by atoms with E-state index in [0.29, 0.717) is 0 Å². The van der Waals surface area contributed by atoms with Gasteiger partial charge in [0.05, 0.1) is 25.5 Å². The summed E-state index contributed by atoms with van der Waals surface area (Å²) in [4.78, 5) is 15.4. The predicted molar refractivity (Wildman–Crippen MR) is 58.3 cm³/mol. The Balaban J connectivity index is 2.05. The number of methoxy groups -OCH3 is 1. The average molecular weight is 251 g/mol. The molecule has 0 unspecified atom stereocenters. The number of hydrogen-bond acceptors (Lipinski definition) is 5. The number of amides is 1. The first kappa shape index (κ1) is 12.0. The molecule has 0 aromatic carbocycles. The summed E-state index contributed by atoms with van der Waals surface area (Å²) in [7, 11) is 1.36. The van der Waals surface area contributed by atoms with E-state index in [9.17, 15) is 9.18 Å². The van der Waals surface area contributed by atoms with Crippen molar-refractivity contribution < 1.29 is 13.9 Å². The highest BCUT2D eigenvalue weighted by atomic mass is 19.1. The summed E-state index contributed by atoms with van der Waals surface area (Å²) in [6.07, 6.45) is 2.67. The third-order valence-corrected chi connectivity index (χ3v) is 2.21. The van der Waals surface area contributed by atoms with E-state index in [1.54, 1.807) is 0 Å². The van der Waals surface area contributed by atoms with Crippen LogP contribution in [0, 0.1) is 5.82 Å². The lowest BCUT2D eigenvalue weighted by Gasteiger charge is -2.06. The van der Waals surface area contributed by atoms with Gasteiger partial charge in [0.25, 0.3) is 5.91 Å². The second kappa shape index (κ2) is 5.21. The van der Waals surface area contributed by atoms with Crippen LogP contribution in [0.25, 0.3) is 0 Å². The standard InChI is InChI=1S/C10H10FN5O2/c1-18-8-2-3-12-6(9(8)11)4-13-10(17)7-5-14-16-15-7/h2-3,5H,4H2,1H3,(H,13,17)(H,14,15,16). The van der Waals surface area contributed by atoms with Crippen LogP contribution in [0.2, 0.25) is 0 Å². The van der Waals surface area contributed by atoms with E-state index in [1.807, 2.05) is 0 Å². The molecule has 2 aromatic heterocycles. The van der Waals surface area contributed by atoms with Gasteiger partial charge in [-0.3, -0.25) is 9.78 Å². The molecule has 18 heavy (non-hydrogen) atoms. The van der Waals surface area contributed by atoms with Crippen LogP contribution in [0.1, 0.15) is 16.2 Å². The number of aromatic amines is 1. The number of carbonyl (C=O) groups excluding carboxylic acids is 1. The maximum Gasteiger partial charge on any atom is 0.273 e. The third kappa shape index (κ3) is 2.42. The highest BCUT2D eigenvalue weighted by Gasteiger charge is 2.13. The van der Waals surface area contributed by atoms with Crippen LogP contribution in [-0.4, -0.2) is 33.4 Å². The quantitative estimate of drug-likeness (QED) is 0.814. The molecule has 7 nitrogen and oxygen atoms in total. The molecule has 0 saturated heterocycles. The Morgan fingerprint density at radius 3 is 3.11 bits per heavy atom. The Morgan fingerprint density at radius 1 is 1.61 bits per heavy atom. The minimum Gasteiger partial charge on any atom is -0.494 e. The van der Waals surface area contributed by atoms with Crippen molar-refractivity contribution >= 4 is 5.91 Å². The molecule has 0 radical (unpaired) electrons. The van der Waals surface area contributed by atoms with Crippen LogP contribution in [-0.2, 0) is 6.54 Å². The number of halogens is 1. The summed E-state index contributed by atoms with van der Waals surface area (Å²) in [5, 5.41) is 11.9. The summed E-state index contributed by atoms with van der Waals surface area (Å²) < 4.78 is 18.5. The fourth-order valence-electron chi connectivity index (χ4n) is 1.31. The number of ether oxygens (including phenoxy) is 1. The van der Waals surface area contributed by atoms with Crippen LogP contribution in [0.4, 0.5) is 4.39 Å². The lowest BCUT2D eigenvalue weighted by Crippen LogP contribution is -2.24. The largest absolute Gasteiger partial charge is 0.494 e. The Bertz CT molecular complexity index is 543. The summed E-state index contributed by atoms with van der Waals surface area (Å²) in [5.41, 5.74) is 0.212. The number of carbonyl (C=O) groups is 1. The molecule has 0 aliphatic carbocycles. The maximum absolute atomic E-state index is 13.7. The van der Waals surface area contributed by atoms with Gasteiger partial charge < -0.3 is 10.1 Å². The van der Waals surface area contributed by atoms with Gasteiger partial charge in [-0.1, -0.05) is 0 Å². The summed E-state index contributed by atoms with van der Waals surface area (Å²) in [5.74, 6) is -0.982. The van der Waals surface area contributed by atoms with Crippen LogP contribution < -0.4 is 10.1 Å². The molecule has 2 aromatic rings. The highest BCUT2D eigenvalue weighted by Crippen LogP contribution is 2.17. The first-order chi connectivity index (χ1) is 8.72. The van der Waals surface area contributed by atoms with E-state index in [0.717, 1.165) is 0 Å². The van der Waals surface area contributed by atoms with E-state index in [-0.39, 0.29) is 23.7 Å². The van der Waals surface area contributed by atoms with Crippen molar-refractivity contribution in [1.82, 2.24) is 25.7 Å². The van der Waals surface area contributed by atoms with Crippen LogP contribution in [0.5, 0.6) is 5.75 Å². The SMILES string of the molecule is COc1ccnc(CNC(=O)c2cn[nH]n2)c1F. The first-order valence-corrected chi connectivity index (χ1v) is 5.03. The number of H-pyrrole nitrogens is 1. The predicted octanol–water partition coefficient (Wildman–Crippen LogP) is 0.277. The molecule has 0 bridgehead atoms. The molecule has 2 rings (SSSR count). The molecule has 0 spiro atoms. The highest BCUT2D eigenvalue weighted by molar-refractivity contribution is 5.91. The van der Waals surface area contributed by atoms with Gasteiger partial charge in [0, 0.05) is 12.3 Å². The molecular formula is C10H10FN5O2. The smallest absolute Gasteiger partial charge is 0.273 e. The Morgan fingerprint density at radius 2 is 2.44 bits per heavy atom. The molecule has 2 N–H and O–H groups in total. The van der Waals surface area contributed by atoms with Crippen molar-refractivity contribution in [2.75, 3.05) is 7.11 Å². The summed E-state index contributed by atoms with van der Waals surface area (Å²) in [6, 6.07) is 1.40. The van der Waals surface area contributed by atoms with E-state index >= 15 is 0 Å². The molecule has 0 fully saturated rings. The number of rotatable bonds is 4. The fourth-order valence-corrected chi connectivity index (χ4v) is 1.31. The molecule has 0 aliphatic rings.